The Balaban J connectivity index is 2.21. The van der Waals surface area contributed by atoms with Crippen LogP contribution in [-0.2, 0) is 9.53 Å². The van der Waals surface area contributed by atoms with Gasteiger partial charge in [-0.3, -0.25) is 0 Å². The Labute approximate surface area is 88.0 Å². The molecule has 1 aliphatic rings. The zero-order chi connectivity index (χ0) is 10.9. The summed E-state index contributed by atoms with van der Waals surface area (Å²) in [6.45, 7) is 1.59. The molecular formula is C12H12O3. The van der Waals surface area contributed by atoms with Gasteiger partial charge < -0.3 is 9.84 Å². The van der Waals surface area contributed by atoms with Gasteiger partial charge in [-0.05, 0) is 13.0 Å². The second-order valence-electron chi connectivity index (χ2n) is 3.78. The Kier molecular flexibility index (Phi) is 2.23. The summed E-state index contributed by atoms with van der Waals surface area (Å²) in [6.07, 6.45) is 2.23. The monoisotopic (exact) mass is 204 g/mol. The van der Waals surface area contributed by atoms with Gasteiger partial charge in [-0.25, -0.2) is 4.79 Å². The molecule has 3 heteroatoms. The zero-order valence-electron chi connectivity index (χ0n) is 8.43. The fourth-order valence-electron chi connectivity index (χ4n) is 1.52. The van der Waals surface area contributed by atoms with Crippen molar-refractivity contribution in [2.24, 2.45) is 0 Å². The molecule has 2 rings (SSSR count). The average molecular weight is 204 g/mol. The first-order valence-electron chi connectivity index (χ1n) is 4.80. The first kappa shape index (κ1) is 9.77. The smallest absolute Gasteiger partial charge is 0.348 e. The second-order valence-corrected chi connectivity index (χ2v) is 3.78. The van der Waals surface area contributed by atoms with Crippen molar-refractivity contribution in [3.05, 3.63) is 42.0 Å². The summed E-state index contributed by atoms with van der Waals surface area (Å²) in [6, 6.07) is 9.51. The van der Waals surface area contributed by atoms with Gasteiger partial charge in [0.2, 0.25) is 5.60 Å². The summed E-state index contributed by atoms with van der Waals surface area (Å²) >= 11 is 0. The number of aliphatic carboxylic acids is 1. The van der Waals surface area contributed by atoms with Crippen LogP contribution in [-0.4, -0.2) is 16.7 Å². The number of carboxylic acid groups (broad SMARTS) is 1. The molecule has 0 spiro atoms. The molecule has 1 N–H and O–H groups in total. The Morgan fingerprint density at radius 2 is 2.07 bits per heavy atom. The molecule has 1 aliphatic heterocycles. The molecule has 1 unspecified atom stereocenters. The lowest BCUT2D eigenvalue weighted by Gasteiger charge is -2.20. The molecule has 0 amide bonds. The van der Waals surface area contributed by atoms with E-state index < -0.39 is 11.6 Å². The minimum Gasteiger partial charge on any atom is -0.478 e. The largest absolute Gasteiger partial charge is 0.478 e. The van der Waals surface area contributed by atoms with E-state index in [-0.39, 0.29) is 0 Å². The van der Waals surface area contributed by atoms with E-state index in [9.17, 15) is 4.79 Å². The number of benzene rings is 1. The van der Waals surface area contributed by atoms with Gasteiger partial charge in [0, 0.05) is 12.0 Å². The lowest BCUT2D eigenvalue weighted by atomic mass is 10.0. The van der Waals surface area contributed by atoms with E-state index in [4.69, 9.17) is 9.84 Å². The molecule has 3 nitrogen and oxygen atoms in total. The van der Waals surface area contributed by atoms with Gasteiger partial charge in [0.1, 0.15) is 5.76 Å². The third kappa shape index (κ3) is 1.73. The Bertz CT molecular complexity index is 408. The van der Waals surface area contributed by atoms with Crippen molar-refractivity contribution in [2.75, 3.05) is 0 Å². The maximum Gasteiger partial charge on any atom is 0.348 e. The van der Waals surface area contributed by atoms with Crippen molar-refractivity contribution in [3.63, 3.8) is 0 Å². The maximum absolute atomic E-state index is 10.9. The Morgan fingerprint density at radius 3 is 2.60 bits per heavy atom. The van der Waals surface area contributed by atoms with Crippen LogP contribution in [0.15, 0.2) is 36.4 Å². The number of rotatable bonds is 2. The standard InChI is InChI=1S/C12H12O3/c1-12(11(13)14)8-7-10(15-12)9-5-3-2-4-6-9/h2-7H,8H2,1H3,(H,13,14). The van der Waals surface area contributed by atoms with E-state index in [0.29, 0.717) is 12.2 Å². The highest BCUT2D eigenvalue weighted by Gasteiger charge is 2.39. The maximum atomic E-state index is 10.9. The van der Waals surface area contributed by atoms with Crippen molar-refractivity contribution in [1.29, 1.82) is 0 Å². The Hall–Kier alpha value is -1.77. The number of hydrogen-bond acceptors (Lipinski definition) is 2. The molecule has 0 saturated heterocycles. The molecule has 0 aromatic heterocycles. The van der Waals surface area contributed by atoms with Gasteiger partial charge in [0.05, 0.1) is 0 Å². The van der Waals surface area contributed by atoms with Crippen molar-refractivity contribution in [3.8, 4) is 0 Å². The molecule has 1 atom stereocenters. The first-order valence-corrected chi connectivity index (χ1v) is 4.80. The van der Waals surface area contributed by atoms with Crippen molar-refractivity contribution >= 4 is 11.7 Å². The number of hydrogen-bond donors (Lipinski definition) is 1. The summed E-state index contributed by atoms with van der Waals surface area (Å²) in [5, 5.41) is 8.98. The van der Waals surface area contributed by atoms with Crippen LogP contribution >= 0.6 is 0 Å². The third-order valence-electron chi connectivity index (χ3n) is 2.52. The van der Waals surface area contributed by atoms with Gasteiger partial charge in [-0.1, -0.05) is 30.3 Å². The highest BCUT2D eigenvalue weighted by Crippen LogP contribution is 2.33. The molecule has 78 valence electrons. The summed E-state index contributed by atoms with van der Waals surface area (Å²) in [5.41, 5.74) is -0.187. The normalized spacial score (nSPS) is 24.5. The Morgan fingerprint density at radius 1 is 1.40 bits per heavy atom. The molecule has 0 aliphatic carbocycles. The van der Waals surface area contributed by atoms with Crippen LogP contribution in [0.2, 0.25) is 0 Å². The molecule has 15 heavy (non-hydrogen) atoms. The van der Waals surface area contributed by atoms with E-state index in [0.717, 1.165) is 5.56 Å². The molecule has 0 bridgehead atoms. The summed E-state index contributed by atoms with van der Waals surface area (Å²) in [4.78, 5) is 10.9. The second kappa shape index (κ2) is 3.42. The number of carboxylic acids is 1. The van der Waals surface area contributed by atoms with E-state index in [2.05, 4.69) is 0 Å². The van der Waals surface area contributed by atoms with Gasteiger partial charge in [-0.2, -0.15) is 0 Å². The van der Waals surface area contributed by atoms with Gasteiger partial charge >= 0.3 is 5.97 Å². The molecule has 1 aromatic rings. The van der Waals surface area contributed by atoms with Crippen molar-refractivity contribution in [1.82, 2.24) is 0 Å². The lowest BCUT2D eigenvalue weighted by molar-refractivity contribution is -0.154. The summed E-state index contributed by atoms with van der Waals surface area (Å²) < 4.78 is 5.46. The van der Waals surface area contributed by atoms with Crippen LogP contribution in [0.5, 0.6) is 0 Å². The molecule has 1 aromatic carbocycles. The van der Waals surface area contributed by atoms with E-state index in [1.807, 2.05) is 36.4 Å². The minimum atomic E-state index is -1.11. The van der Waals surface area contributed by atoms with Crippen LogP contribution < -0.4 is 0 Å². The third-order valence-corrected chi connectivity index (χ3v) is 2.52. The highest BCUT2D eigenvalue weighted by molar-refractivity contribution is 5.81. The minimum absolute atomic E-state index is 0.409. The molecular weight excluding hydrogens is 192 g/mol. The number of ether oxygens (including phenoxy) is 1. The van der Waals surface area contributed by atoms with Crippen LogP contribution in [0, 0.1) is 0 Å². The van der Waals surface area contributed by atoms with Crippen LogP contribution in [0.1, 0.15) is 18.9 Å². The predicted octanol–water partition coefficient (Wildman–Crippen LogP) is 2.29. The van der Waals surface area contributed by atoms with Crippen LogP contribution in [0.4, 0.5) is 0 Å². The predicted molar refractivity (Wildman–Crippen MR) is 56.2 cm³/mol. The molecule has 0 radical (unpaired) electrons. The average Bonchev–Trinajstić information content (AvgIpc) is 2.64. The fraction of sp³-hybridized carbons (Fsp3) is 0.250. The van der Waals surface area contributed by atoms with Gasteiger partial charge in [0.25, 0.3) is 0 Å². The molecule has 0 fully saturated rings. The number of carbonyl (C=O) groups is 1. The van der Waals surface area contributed by atoms with E-state index >= 15 is 0 Å². The lowest BCUT2D eigenvalue weighted by Crippen LogP contribution is -2.34. The SMILES string of the molecule is CC1(C(=O)O)CC=C(c2ccccc2)O1. The fourth-order valence-corrected chi connectivity index (χ4v) is 1.52. The summed E-state index contributed by atoms with van der Waals surface area (Å²) in [5.74, 6) is -0.273. The van der Waals surface area contributed by atoms with E-state index in [1.165, 1.54) is 0 Å². The topological polar surface area (TPSA) is 46.5 Å². The zero-order valence-corrected chi connectivity index (χ0v) is 8.43. The molecule has 1 heterocycles. The highest BCUT2D eigenvalue weighted by atomic mass is 16.5. The van der Waals surface area contributed by atoms with Crippen molar-refractivity contribution in [2.45, 2.75) is 18.9 Å². The molecule has 0 saturated carbocycles. The van der Waals surface area contributed by atoms with Gasteiger partial charge in [0.15, 0.2) is 0 Å². The quantitative estimate of drug-likeness (QED) is 0.803. The van der Waals surface area contributed by atoms with Crippen LogP contribution in [0.3, 0.4) is 0 Å². The van der Waals surface area contributed by atoms with Crippen LogP contribution in [0.25, 0.3) is 5.76 Å². The summed E-state index contributed by atoms with van der Waals surface area (Å²) in [7, 11) is 0. The van der Waals surface area contributed by atoms with Crippen molar-refractivity contribution < 1.29 is 14.6 Å². The van der Waals surface area contributed by atoms with Gasteiger partial charge in [-0.15, -0.1) is 0 Å². The first-order chi connectivity index (χ1) is 7.12. The van der Waals surface area contributed by atoms with E-state index in [1.54, 1.807) is 6.92 Å².